The summed E-state index contributed by atoms with van der Waals surface area (Å²) in [6.45, 7) is 4.16. The number of rotatable bonds is 3. The van der Waals surface area contributed by atoms with Crippen molar-refractivity contribution < 1.29 is 0 Å². The van der Waals surface area contributed by atoms with Crippen LogP contribution in [0.2, 0.25) is 0 Å². The topological polar surface area (TPSA) is 24.7 Å². The van der Waals surface area contributed by atoms with E-state index in [0.29, 0.717) is 0 Å². The average molecular weight is 188 g/mol. The summed E-state index contributed by atoms with van der Waals surface area (Å²) in [6, 6.07) is 6.26. The Labute approximate surface area is 85.4 Å². The molecule has 74 valence electrons. The van der Waals surface area contributed by atoms with Gasteiger partial charge in [-0.3, -0.25) is 4.99 Å². The van der Waals surface area contributed by atoms with Crippen molar-refractivity contribution in [3.63, 3.8) is 0 Å². The van der Waals surface area contributed by atoms with E-state index in [-0.39, 0.29) is 0 Å². The largest absolute Gasteiger partial charge is 0.300 e. The van der Waals surface area contributed by atoms with Gasteiger partial charge in [-0.25, -0.2) is 0 Å². The fraction of sp³-hybridized carbons (Fsp3) is 0.333. The van der Waals surface area contributed by atoms with Crippen molar-refractivity contribution in [3.05, 3.63) is 29.3 Å². The second-order valence-corrected chi connectivity index (χ2v) is 3.28. The molecular weight excluding hydrogens is 172 g/mol. The van der Waals surface area contributed by atoms with E-state index in [1.54, 1.807) is 7.05 Å². The van der Waals surface area contributed by atoms with Crippen LogP contribution >= 0.6 is 0 Å². The minimum atomic E-state index is 0.795. The second kappa shape index (κ2) is 5.32. The summed E-state index contributed by atoms with van der Waals surface area (Å²) < 4.78 is 0. The molecule has 0 heterocycles. The minimum Gasteiger partial charge on any atom is -0.300 e. The highest BCUT2D eigenvalue weighted by Gasteiger charge is 1.93. The predicted octanol–water partition coefficient (Wildman–Crippen LogP) is 3.10. The quantitative estimate of drug-likeness (QED) is 0.651. The predicted molar refractivity (Wildman–Crippen MR) is 63.1 cm³/mol. The van der Waals surface area contributed by atoms with Gasteiger partial charge < -0.3 is 4.99 Å². The highest BCUT2D eigenvalue weighted by atomic mass is 14.7. The Morgan fingerprint density at radius 3 is 2.64 bits per heavy atom. The molecule has 0 amide bonds. The highest BCUT2D eigenvalue weighted by molar-refractivity contribution is 5.81. The van der Waals surface area contributed by atoms with Crippen LogP contribution in [0, 0.1) is 13.8 Å². The number of nitrogens with zero attached hydrogens (tertiary/aromatic N) is 2. The fourth-order valence-electron chi connectivity index (χ4n) is 1.25. The van der Waals surface area contributed by atoms with Gasteiger partial charge in [0, 0.05) is 25.9 Å². The molecule has 0 atom stereocenters. The Hall–Kier alpha value is -1.44. The molecule has 14 heavy (non-hydrogen) atoms. The zero-order valence-electron chi connectivity index (χ0n) is 8.99. The van der Waals surface area contributed by atoms with E-state index in [4.69, 9.17) is 0 Å². The molecule has 0 aliphatic carbocycles. The zero-order valence-corrected chi connectivity index (χ0v) is 8.99. The molecule has 0 bridgehead atoms. The molecule has 0 aliphatic heterocycles. The summed E-state index contributed by atoms with van der Waals surface area (Å²) in [5.74, 6) is 0. The lowest BCUT2D eigenvalue weighted by atomic mass is 10.1. The Bertz CT molecular complexity index is 351. The van der Waals surface area contributed by atoms with Crippen LogP contribution in [-0.2, 0) is 0 Å². The molecule has 0 radical (unpaired) electrons. The molecule has 0 unspecified atom stereocenters. The highest BCUT2D eigenvalue weighted by Crippen LogP contribution is 2.18. The van der Waals surface area contributed by atoms with Gasteiger partial charge in [0.05, 0.1) is 5.69 Å². The van der Waals surface area contributed by atoms with Gasteiger partial charge in [-0.2, -0.15) is 0 Å². The molecule has 0 spiro atoms. The van der Waals surface area contributed by atoms with Crippen LogP contribution in [0.4, 0.5) is 5.69 Å². The van der Waals surface area contributed by atoms with E-state index in [0.717, 1.165) is 12.1 Å². The smallest absolute Gasteiger partial charge is 0.0655 e. The van der Waals surface area contributed by atoms with Crippen LogP contribution in [0.15, 0.2) is 28.2 Å². The molecule has 1 aromatic carbocycles. The van der Waals surface area contributed by atoms with Gasteiger partial charge in [-0.15, -0.1) is 0 Å². The van der Waals surface area contributed by atoms with Crippen LogP contribution in [0.3, 0.4) is 0 Å². The summed E-state index contributed by atoms with van der Waals surface area (Å²) in [4.78, 5) is 8.26. The summed E-state index contributed by atoms with van der Waals surface area (Å²) >= 11 is 0. The van der Waals surface area contributed by atoms with Crippen molar-refractivity contribution in [2.45, 2.75) is 20.3 Å². The van der Waals surface area contributed by atoms with Crippen LogP contribution in [0.25, 0.3) is 0 Å². The maximum Gasteiger partial charge on any atom is 0.0655 e. The van der Waals surface area contributed by atoms with E-state index in [2.05, 4.69) is 36.0 Å². The van der Waals surface area contributed by atoms with Gasteiger partial charge in [0.2, 0.25) is 0 Å². The summed E-state index contributed by atoms with van der Waals surface area (Å²) in [5, 5.41) is 0. The van der Waals surface area contributed by atoms with Crippen molar-refractivity contribution in [1.82, 2.24) is 0 Å². The lowest BCUT2D eigenvalue weighted by Gasteiger charge is -2.00. The van der Waals surface area contributed by atoms with Crippen LogP contribution in [-0.4, -0.2) is 19.5 Å². The number of benzene rings is 1. The van der Waals surface area contributed by atoms with Crippen molar-refractivity contribution in [1.29, 1.82) is 0 Å². The maximum absolute atomic E-state index is 4.37. The standard InChI is InChI=1S/C12H16N2/c1-10-5-6-12(11(2)9-10)14-8-4-7-13-3/h5-9H,4H2,1-3H3. The first-order valence-electron chi connectivity index (χ1n) is 4.74. The van der Waals surface area contributed by atoms with E-state index in [1.165, 1.54) is 11.1 Å². The third kappa shape index (κ3) is 3.13. The first-order chi connectivity index (χ1) is 6.74. The zero-order chi connectivity index (χ0) is 10.4. The number of hydrogen-bond acceptors (Lipinski definition) is 2. The van der Waals surface area contributed by atoms with E-state index in [1.807, 2.05) is 18.5 Å². The molecule has 1 aromatic rings. The van der Waals surface area contributed by atoms with Crippen LogP contribution in [0.5, 0.6) is 0 Å². The van der Waals surface area contributed by atoms with Gasteiger partial charge in [-0.05, 0) is 25.5 Å². The third-order valence-corrected chi connectivity index (χ3v) is 1.98. The van der Waals surface area contributed by atoms with Crippen molar-refractivity contribution in [2.24, 2.45) is 9.98 Å². The van der Waals surface area contributed by atoms with Gasteiger partial charge in [-0.1, -0.05) is 17.7 Å². The molecule has 0 aromatic heterocycles. The molecule has 0 N–H and O–H groups in total. The monoisotopic (exact) mass is 188 g/mol. The van der Waals surface area contributed by atoms with E-state index >= 15 is 0 Å². The van der Waals surface area contributed by atoms with Crippen molar-refractivity contribution in [2.75, 3.05) is 7.05 Å². The van der Waals surface area contributed by atoms with Crippen molar-refractivity contribution in [3.8, 4) is 0 Å². The molecule has 0 fully saturated rings. The Kier molecular flexibility index (Phi) is 4.05. The first-order valence-corrected chi connectivity index (χ1v) is 4.74. The summed E-state index contributed by atoms with van der Waals surface area (Å²) in [5.41, 5.74) is 3.53. The molecule has 2 nitrogen and oxygen atoms in total. The average Bonchev–Trinajstić information content (AvgIpc) is 2.15. The normalized spacial score (nSPS) is 11.6. The SMILES string of the molecule is CN=CCC=Nc1ccc(C)cc1C. The minimum absolute atomic E-state index is 0.795. The summed E-state index contributed by atoms with van der Waals surface area (Å²) in [7, 11) is 1.77. The Morgan fingerprint density at radius 1 is 1.21 bits per heavy atom. The molecule has 2 heteroatoms. The molecular formula is C12H16N2. The first kappa shape index (κ1) is 10.6. The van der Waals surface area contributed by atoms with Crippen LogP contribution < -0.4 is 0 Å². The number of hydrogen-bond donors (Lipinski definition) is 0. The lowest BCUT2D eigenvalue weighted by Crippen LogP contribution is -1.80. The van der Waals surface area contributed by atoms with Crippen molar-refractivity contribution >= 4 is 18.1 Å². The lowest BCUT2D eigenvalue weighted by molar-refractivity contribution is 1.34. The van der Waals surface area contributed by atoms with Crippen LogP contribution in [0.1, 0.15) is 17.5 Å². The fourth-order valence-corrected chi connectivity index (χ4v) is 1.25. The van der Waals surface area contributed by atoms with Gasteiger partial charge in [0.15, 0.2) is 0 Å². The number of aliphatic imine (C=N–C) groups is 2. The molecule has 0 saturated heterocycles. The molecule has 1 rings (SSSR count). The third-order valence-electron chi connectivity index (χ3n) is 1.98. The maximum atomic E-state index is 4.37. The Balaban J connectivity index is 2.71. The molecule has 0 saturated carbocycles. The summed E-state index contributed by atoms with van der Waals surface area (Å²) in [6.07, 6.45) is 4.52. The van der Waals surface area contributed by atoms with E-state index < -0.39 is 0 Å². The van der Waals surface area contributed by atoms with Gasteiger partial charge in [0.25, 0.3) is 0 Å². The van der Waals surface area contributed by atoms with Gasteiger partial charge in [0.1, 0.15) is 0 Å². The Morgan fingerprint density at radius 2 is 2.00 bits per heavy atom. The molecule has 0 aliphatic rings. The van der Waals surface area contributed by atoms with Gasteiger partial charge >= 0.3 is 0 Å². The second-order valence-electron chi connectivity index (χ2n) is 3.28. The van der Waals surface area contributed by atoms with E-state index in [9.17, 15) is 0 Å². The number of aryl methyl sites for hydroxylation is 2.